The third-order valence-electron chi connectivity index (χ3n) is 2.50. The molecule has 0 aromatic rings. The van der Waals surface area contributed by atoms with Crippen molar-refractivity contribution in [2.24, 2.45) is 5.92 Å². The van der Waals surface area contributed by atoms with E-state index in [1.807, 2.05) is 0 Å². The molecule has 0 aromatic heterocycles. The van der Waals surface area contributed by atoms with E-state index in [0.717, 1.165) is 12.8 Å². The van der Waals surface area contributed by atoms with Gasteiger partial charge in [-0.15, -0.1) is 11.6 Å². The SMILES string of the molecule is CCC/C(C)=C(\CCl)C/C=C\C=C/C(C)C. The van der Waals surface area contributed by atoms with E-state index in [1.54, 1.807) is 0 Å². The van der Waals surface area contributed by atoms with Gasteiger partial charge in [-0.1, -0.05) is 62.6 Å². The van der Waals surface area contributed by atoms with E-state index in [9.17, 15) is 0 Å². The molecule has 0 aromatic carbocycles. The van der Waals surface area contributed by atoms with Crippen molar-refractivity contribution < 1.29 is 0 Å². The van der Waals surface area contributed by atoms with E-state index in [2.05, 4.69) is 52.0 Å². The van der Waals surface area contributed by atoms with E-state index in [-0.39, 0.29) is 0 Å². The second kappa shape index (κ2) is 9.72. The average molecular weight is 241 g/mol. The minimum atomic E-state index is 0.620. The molecule has 0 saturated heterocycles. The highest BCUT2D eigenvalue weighted by molar-refractivity contribution is 6.19. The van der Waals surface area contributed by atoms with Gasteiger partial charge in [0.25, 0.3) is 0 Å². The smallest absolute Gasteiger partial charge is 0.0439 e. The molecule has 1 heteroatoms. The first-order chi connectivity index (χ1) is 7.61. The molecular weight excluding hydrogens is 216 g/mol. The Morgan fingerprint density at radius 1 is 1.25 bits per heavy atom. The maximum atomic E-state index is 5.95. The van der Waals surface area contributed by atoms with Gasteiger partial charge in [0.1, 0.15) is 0 Å². The van der Waals surface area contributed by atoms with Crippen molar-refractivity contribution in [3.05, 3.63) is 35.5 Å². The van der Waals surface area contributed by atoms with Crippen LogP contribution in [0.1, 0.15) is 47.0 Å². The van der Waals surface area contributed by atoms with E-state index in [0.29, 0.717) is 11.8 Å². The second-order valence-electron chi connectivity index (χ2n) is 4.53. The van der Waals surface area contributed by atoms with Crippen LogP contribution in [0.4, 0.5) is 0 Å². The first-order valence-electron chi connectivity index (χ1n) is 6.18. The summed E-state index contributed by atoms with van der Waals surface area (Å²) in [5, 5.41) is 0. The first-order valence-corrected chi connectivity index (χ1v) is 6.72. The highest BCUT2D eigenvalue weighted by Gasteiger charge is 1.98. The molecular formula is C15H25Cl. The molecule has 0 nitrogen and oxygen atoms in total. The highest BCUT2D eigenvalue weighted by Crippen LogP contribution is 2.15. The fourth-order valence-corrected chi connectivity index (χ4v) is 1.81. The summed E-state index contributed by atoms with van der Waals surface area (Å²) in [7, 11) is 0. The normalized spacial score (nSPS) is 14.1. The van der Waals surface area contributed by atoms with Gasteiger partial charge in [0.2, 0.25) is 0 Å². The summed E-state index contributed by atoms with van der Waals surface area (Å²) < 4.78 is 0. The van der Waals surface area contributed by atoms with Crippen LogP contribution in [0.3, 0.4) is 0 Å². The molecule has 0 bridgehead atoms. The predicted molar refractivity (Wildman–Crippen MR) is 76.1 cm³/mol. The lowest BCUT2D eigenvalue weighted by molar-refractivity contribution is 0.832. The van der Waals surface area contributed by atoms with Gasteiger partial charge >= 0.3 is 0 Å². The molecule has 0 rings (SSSR count). The minimum absolute atomic E-state index is 0.620. The number of rotatable bonds is 7. The number of allylic oxidation sites excluding steroid dienone is 6. The number of alkyl halides is 1. The standard InChI is InChI=1S/C15H25Cl/c1-5-9-14(4)15(12-16)11-8-6-7-10-13(2)3/h6-8,10,13H,5,9,11-12H2,1-4H3/b8-6-,10-7-,15-14-. The Hall–Kier alpha value is -0.490. The van der Waals surface area contributed by atoms with Gasteiger partial charge in [0, 0.05) is 5.88 Å². The van der Waals surface area contributed by atoms with Crippen LogP contribution in [-0.2, 0) is 0 Å². The van der Waals surface area contributed by atoms with Crippen LogP contribution in [-0.4, -0.2) is 5.88 Å². The molecule has 92 valence electrons. The van der Waals surface area contributed by atoms with Gasteiger partial charge in [-0.3, -0.25) is 0 Å². The predicted octanol–water partition coefficient (Wildman–Crippen LogP) is 5.50. The molecule has 0 aliphatic heterocycles. The Kier molecular flexibility index (Phi) is 9.42. The molecule has 0 saturated carbocycles. The molecule has 0 spiro atoms. The molecule has 0 heterocycles. The van der Waals surface area contributed by atoms with E-state index in [4.69, 9.17) is 11.6 Å². The molecule has 16 heavy (non-hydrogen) atoms. The van der Waals surface area contributed by atoms with E-state index < -0.39 is 0 Å². The fraction of sp³-hybridized carbons (Fsp3) is 0.600. The van der Waals surface area contributed by atoms with Gasteiger partial charge in [0.15, 0.2) is 0 Å². The summed E-state index contributed by atoms with van der Waals surface area (Å²) in [6.45, 7) is 8.76. The summed E-state index contributed by atoms with van der Waals surface area (Å²) in [6.07, 6.45) is 12.0. The van der Waals surface area contributed by atoms with Gasteiger partial charge < -0.3 is 0 Å². The minimum Gasteiger partial charge on any atom is -0.122 e. The van der Waals surface area contributed by atoms with Crippen molar-refractivity contribution in [2.75, 3.05) is 5.88 Å². The van der Waals surface area contributed by atoms with Gasteiger partial charge in [-0.25, -0.2) is 0 Å². The Labute approximate surface area is 106 Å². The average Bonchev–Trinajstić information content (AvgIpc) is 2.23. The fourth-order valence-electron chi connectivity index (χ4n) is 1.47. The van der Waals surface area contributed by atoms with Crippen molar-refractivity contribution in [3.63, 3.8) is 0 Å². The third kappa shape index (κ3) is 7.76. The summed E-state index contributed by atoms with van der Waals surface area (Å²) in [6, 6.07) is 0. The summed E-state index contributed by atoms with van der Waals surface area (Å²) in [5.41, 5.74) is 2.83. The molecule has 0 atom stereocenters. The number of hydrogen-bond donors (Lipinski definition) is 0. The van der Waals surface area contributed by atoms with Crippen molar-refractivity contribution in [1.29, 1.82) is 0 Å². The van der Waals surface area contributed by atoms with E-state index in [1.165, 1.54) is 17.6 Å². The Morgan fingerprint density at radius 3 is 2.44 bits per heavy atom. The maximum Gasteiger partial charge on any atom is 0.0439 e. The molecule has 0 N–H and O–H groups in total. The summed E-state index contributed by atoms with van der Waals surface area (Å²) in [5.74, 6) is 1.28. The molecule has 0 fully saturated rings. The van der Waals surface area contributed by atoms with Gasteiger partial charge in [-0.2, -0.15) is 0 Å². The number of hydrogen-bond acceptors (Lipinski definition) is 0. The lowest BCUT2D eigenvalue weighted by Crippen LogP contribution is -1.89. The topological polar surface area (TPSA) is 0 Å². The Morgan fingerprint density at radius 2 is 1.94 bits per heavy atom. The van der Waals surface area contributed by atoms with Crippen LogP contribution >= 0.6 is 11.6 Å². The van der Waals surface area contributed by atoms with Gasteiger partial charge in [-0.05, 0) is 25.7 Å². The lowest BCUT2D eigenvalue weighted by Gasteiger charge is -2.06. The Bertz CT molecular complexity index is 257. The van der Waals surface area contributed by atoms with Crippen LogP contribution in [0.15, 0.2) is 35.5 Å². The number of halogens is 1. The van der Waals surface area contributed by atoms with Crippen LogP contribution < -0.4 is 0 Å². The van der Waals surface area contributed by atoms with Crippen molar-refractivity contribution in [3.8, 4) is 0 Å². The Balaban J connectivity index is 4.19. The third-order valence-corrected chi connectivity index (χ3v) is 2.82. The second-order valence-corrected chi connectivity index (χ2v) is 4.80. The monoisotopic (exact) mass is 240 g/mol. The highest BCUT2D eigenvalue weighted by atomic mass is 35.5. The summed E-state index contributed by atoms with van der Waals surface area (Å²) in [4.78, 5) is 0. The zero-order chi connectivity index (χ0) is 12.4. The zero-order valence-electron chi connectivity index (χ0n) is 11.1. The quantitative estimate of drug-likeness (QED) is 0.313. The molecule has 0 radical (unpaired) electrons. The van der Waals surface area contributed by atoms with Crippen molar-refractivity contribution >= 4 is 11.6 Å². The van der Waals surface area contributed by atoms with Crippen molar-refractivity contribution in [2.45, 2.75) is 47.0 Å². The van der Waals surface area contributed by atoms with Crippen LogP contribution in [0, 0.1) is 5.92 Å². The van der Waals surface area contributed by atoms with E-state index >= 15 is 0 Å². The van der Waals surface area contributed by atoms with Crippen LogP contribution in [0.2, 0.25) is 0 Å². The van der Waals surface area contributed by atoms with Crippen LogP contribution in [0.5, 0.6) is 0 Å². The van der Waals surface area contributed by atoms with Crippen molar-refractivity contribution in [1.82, 2.24) is 0 Å². The summed E-state index contributed by atoms with van der Waals surface area (Å²) >= 11 is 5.95. The zero-order valence-corrected chi connectivity index (χ0v) is 11.8. The largest absolute Gasteiger partial charge is 0.122 e. The molecule has 0 aliphatic rings. The molecule has 0 amide bonds. The molecule has 0 aliphatic carbocycles. The first kappa shape index (κ1) is 15.5. The lowest BCUT2D eigenvalue weighted by atomic mass is 10.0. The van der Waals surface area contributed by atoms with Crippen LogP contribution in [0.25, 0.3) is 0 Å². The molecule has 0 unspecified atom stereocenters. The maximum absolute atomic E-state index is 5.95. The van der Waals surface area contributed by atoms with Gasteiger partial charge in [0.05, 0.1) is 0 Å².